The Kier molecular flexibility index (Phi) is 3.38. The number of rotatable bonds is 2. The summed E-state index contributed by atoms with van der Waals surface area (Å²) in [5.74, 6) is 0.734. The second kappa shape index (κ2) is 5.55. The number of fused-ring (bicyclic) bond motifs is 2. The van der Waals surface area contributed by atoms with Gasteiger partial charge in [-0.3, -0.25) is 14.9 Å². The number of amides is 1. The SMILES string of the molecule is O=C(Nc1n[nH]c2ccncc12)C1CCOc2ccc(Cl)cc21. The number of carbonyl (C=O) groups excluding carboxylic acids is 1. The van der Waals surface area contributed by atoms with Crippen molar-refractivity contribution in [3.63, 3.8) is 0 Å². The highest BCUT2D eigenvalue weighted by Gasteiger charge is 2.28. The Bertz CT molecular complexity index is 893. The summed E-state index contributed by atoms with van der Waals surface area (Å²) in [4.78, 5) is 16.8. The highest BCUT2D eigenvalue weighted by Crippen LogP contribution is 2.36. The molecular weight excluding hydrogens is 316 g/mol. The quantitative estimate of drug-likeness (QED) is 0.757. The van der Waals surface area contributed by atoms with Gasteiger partial charge in [0.1, 0.15) is 5.75 Å². The number of nitrogens with zero attached hydrogens (tertiary/aromatic N) is 2. The van der Waals surface area contributed by atoms with E-state index >= 15 is 0 Å². The van der Waals surface area contributed by atoms with Crippen LogP contribution in [0.15, 0.2) is 36.7 Å². The molecule has 6 nitrogen and oxygen atoms in total. The van der Waals surface area contributed by atoms with Crippen molar-refractivity contribution in [1.82, 2.24) is 15.2 Å². The van der Waals surface area contributed by atoms with E-state index in [-0.39, 0.29) is 11.8 Å². The Balaban J connectivity index is 1.64. The molecule has 3 aromatic rings. The molecule has 2 aromatic heterocycles. The summed E-state index contributed by atoms with van der Waals surface area (Å²) in [6.07, 6.45) is 3.94. The topological polar surface area (TPSA) is 79.9 Å². The zero-order valence-corrected chi connectivity index (χ0v) is 12.8. The molecule has 0 radical (unpaired) electrons. The van der Waals surface area contributed by atoms with E-state index in [1.807, 2.05) is 6.07 Å². The lowest BCUT2D eigenvalue weighted by atomic mass is 9.92. The van der Waals surface area contributed by atoms with Gasteiger partial charge in [0.25, 0.3) is 0 Å². The predicted molar refractivity (Wildman–Crippen MR) is 86.8 cm³/mol. The fraction of sp³-hybridized carbons (Fsp3) is 0.188. The third-order valence-corrected chi connectivity index (χ3v) is 4.17. The molecule has 1 atom stereocenters. The lowest BCUT2D eigenvalue weighted by Crippen LogP contribution is -2.26. The van der Waals surface area contributed by atoms with Gasteiger partial charge in [0, 0.05) is 23.0 Å². The first-order valence-corrected chi connectivity index (χ1v) is 7.61. The molecule has 1 aromatic carbocycles. The van der Waals surface area contributed by atoms with Crippen LogP contribution in [-0.2, 0) is 4.79 Å². The fourth-order valence-electron chi connectivity index (χ4n) is 2.79. The van der Waals surface area contributed by atoms with Crippen LogP contribution in [-0.4, -0.2) is 27.7 Å². The van der Waals surface area contributed by atoms with Crippen molar-refractivity contribution in [2.75, 3.05) is 11.9 Å². The van der Waals surface area contributed by atoms with E-state index in [9.17, 15) is 4.79 Å². The van der Waals surface area contributed by atoms with E-state index < -0.39 is 0 Å². The molecule has 116 valence electrons. The fourth-order valence-corrected chi connectivity index (χ4v) is 2.97. The summed E-state index contributed by atoms with van der Waals surface area (Å²) in [6, 6.07) is 7.14. The van der Waals surface area contributed by atoms with Crippen molar-refractivity contribution in [3.8, 4) is 5.75 Å². The maximum absolute atomic E-state index is 12.7. The van der Waals surface area contributed by atoms with Gasteiger partial charge in [-0.25, -0.2) is 0 Å². The monoisotopic (exact) mass is 328 g/mol. The number of hydrogen-bond acceptors (Lipinski definition) is 4. The van der Waals surface area contributed by atoms with Crippen LogP contribution < -0.4 is 10.1 Å². The largest absolute Gasteiger partial charge is 0.493 e. The molecule has 3 heterocycles. The number of nitrogens with one attached hydrogen (secondary N) is 2. The summed E-state index contributed by atoms with van der Waals surface area (Å²) in [6.45, 7) is 0.496. The molecule has 2 N–H and O–H groups in total. The second-order valence-electron chi connectivity index (χ2n) is 5.35. The van der Waals surface area contributed by atoms with E-state index in [0.717, 1.165) is 16.5 Å². The zero-order chi connectivity index (χ0) is 15.8. The van der Waals surface area contributed by atoms with Crippen LogP contribution in [0.5, 0.6) is 5.75 Å². The number of anilines is 1. The summed E-state index contributed by atoms with van der Waals surface area (Å²) < 4.78 is 5.59. The minimum absolute atomic E-state index is 0.130. The van der Waals surface area contributed by atoms with Gasteiger partial charge in [-0.05, 0) is 30.7 Å². The van der Waals surface area contributed by atoms with Crippen molar-refractivity contribution < 1.29 is 9.53 Å². The minimum Gasteiger partial charge on any atom is -0.493 e. The predicted octanol–water partition coefficient (Wildman–Crippen LogP) is 3.12. The number of hydrogen-bond donors (Lipinski definition) is 2. The third-order valence-electron chi connectivity index (χ3n) is 3.93. The first-order chi connectivity index (χ1) is 11.2. The number of carbonyl (C=O) groups is 1. The van der Waals surface area contributed by atoms with E-state index in [1.54, 1.807) is 30.6 Å². The summed E-state index contributed by atoms with van der Waals surface area (Å²) in [5.41, 5.74) is 1.63. The van der Waals surface area contributed by atoms with Gasteiger partial charge in [-0.15, -0.1) is 0 Å². The molecule has 1 aliphatic heterocycles. The zero-order valence-electron chi connectivity index (χ0n) is 12.0. The lowest BCUT2D eigenvalue weighted by molar-refractivity contribution is -0.118. The second-order valence-corrected chi connectivity index (χ2v) is 5.79. The first-order valence-electron chi connectivity index (χ1n) is 7.23. The molecule has 1 amide bonds. The normalized spacial score (nSPS) is 16.7. The van der Waals surface area contributed by atoms with Crippen LogP contribution in [0.4, 0.5) is 5.82 Å². The molecule has 1 unspecified atom stereocenters. The van der Waals surface area contributed by atoms with Crippen molar-refractivity contribution >= 4 is 34.2 Å². The van der Waals surface area contributed by atoms with Crippen LogP contribution >= 0.6 is 11.6 Å². The Morgan fingerprint density at radius 1 is 1.39 bits per heavy atom. The highest BCUT2D eigenvalue weighted by molar-refractivity contribution is 6.30. The average Bonchev–Trinajstić information content (AvgIpc) is 2.97. The Hall–Kier alpha value is -2.60. The first kappa shape index (κ1) is 14.0. The van der Waals surface area contributed by atoms with Crippen LogP contribution in [0.3, 0.4) is 0 Å². The van der Waals surface area contributed by atoms with Gasteiger partial charge < -0.3 is 10.1 Å². The third kappa shape index (κ3) is 2.51. The molecule has 23 heavy (non-hydrogen) atoms. The van der Waals surface area contributed by atoms with Gasteiger partial charge in [-0.2, -0.15) is 5.10 Å². The lowest BCUT2D eigenvalue weighted by Gasteiger charge is -2.25. The standard InChI is InChI=1S/C16H13ClN4O2/c17-9-1-2-14-11(7-9)10(4-6-23-14)16(22)19-15-12-8-18-5-3-13(12)20-21-15/h1-3,5,7-8,10H,4,6H2,(H2,19,20,21,22). The van der Waals surface area contributed by atoms with Crippen molar-refractivity contribution in [1.29, 1.82) is 0 Å². The Morgan fingerprint density at radius 2 is 2.30 bits per heavy atom. The van der Waals surface area contributed by atoms with Crippen LogP contribution in [0.1, 0.15) is 17.9 Å². The van der Waals surface area contributed by atoms with E-state index in [0.29, 0.717) is 29.6 Å². The molecule has 0 bridgehead atoms. The molecule has 0 saturated carbocycles. The van der Waals surface area contributed by atoms with Crippen LogP contribution in [0.2, 0.25) is 5.02 Å². The highest BCUT2D eigenvalue weighted by atomic mass is 35.5. The summed E-state index contributed by atoms with van der Waals surface area (Å²) in [7, 11) is 0. The molecular formula is C16H13ClN4O2. The number of benzene rings is 1. The molecule has 7 heteroatoms. The Morgan fingerprint density at radius 3 is 3.22 bits per heavy atom. The van der Waals surface area contributed by atoms with E-state index in [2.05, 4.69) is 20.5 Å². The number of halogens is 1. The maximum Gasteiger partial charge on any atom is 0.233 e. The molecule has 0 saturated heterocycles. The molecule has 0 fully saturated rings. The van der Waals surface area contributed by atoms with Crippen molar-refractivity contribution in [3.05, 3.63) is 47.2 Å². The number of ether oxygens (including phenoxy) is 1. The number of aromatic nitrogens is 3. The average molecular weight is 329 g/mol. The van der Waals surface area contributed by atoms with Crippen LogP contribution in [0.25, 0.3) is 10.9 Å². The van der Waals surface area contributed by atoms with Crippen molar-refractivity contribution in [2.45, 2.75) is 12.3 Å². The van der Waals surface area contributed by atoms with Gasteiger partial charge >= 0.3 is 0 Å². The number of H-pyrrole nitrogens is 1. The Labute approximate surface area is 136 Å². The van der Waals surface area contributed by atoms with Gasteiger partial charge in [0.05, 0.1) is 23.4 Å². The number of aromatic amines is 1. The van der Waals surface area contributed by atoms with Crippen LogP contribution in [0, 0.1) is 0 Å². The summed E-state index contributed by atoms with van der Waals surface area (Å²) in [5, 5.41) is 11.3. The summed E-state index contributed by atoms with van der Waals surface area (Å²) >= 11 is 6.05. The van der Waals surface area contributed by atoms with Gasteiger partial charge in [0.2, 0.25) is 5.91 Å². The molecule has 4 rings (SSSR count). The number of pyridine rings is 1. The molecule has 0 aliphatic carbocycles. The van der Waals surface area contributed by atoms with Crippen molar-refractivity contribution in [2.24, 2.45) is 0 Å². The van der Waals surface area contributed by atoms with E-state index in [4.69, 9.17) is 16.3 Å². The molecule has 1 aliphatic rings. The maximum atomic E-state index is 12.7. The molecule has 0 spiro atoms. The van der Waals surface area contributed by atoms with E-state index in [1.165, 1.54) is 0 Å². The smallest absolute Gasteiger partial charge is 0.233 e. The van der Waals surface area contributed by atoms with Gasteiger partial charge in [-0.1, -0.05) is 11.6 Å². The van der Waals surface area contributed by atoms with Gasteiger partial charge in [0.15, 0.2) is 5.82 Å². The minimum atomic E-state index is -0.319.